The molecule has 1 aromatic heterocycles. The van der Waals surface area contributed by atoms with Crippen LogP contribution in [-0.4, -0.2) is 18.2 Å². The van der Waals surface area contributed by atoms with Gasteiger partial charge in [0.2, 0.25) is 5.43 Å². The molecule has 3 aromatic carbocycles. The summed E-state index contributed by atoms with van der Waals surface area (Å²) in [5.41, 5.74) is 2.99. The van der Waals surface area contributed by atoms with Crippen molar-refractivity contribution >= 4 is 69.0 Å². The third-order valence-corrected chi connectivity index (χ3v) is 5.39. The van der Waals surface area contributed by atoms with Crippen molar-refractivity contribution < 1.29 is 27.9 Å². The molecule has 0 unspecified atom stereocenters. The SMILES string of the molecule is CC(=O)Oc1c(Cl)c(OC(C)=O)c2c(=O)c3cccc(/C=N\Nc4ccc(F)cc4)c3oc2c1Cl. The summed E-state index contributed by atoms with van der Waals surface area (Å²) in [5, 5.41) is 3.44. The Bertz CT molecular complexity index is 1580. The quantitative estimate of drug-likeness (QED) is 0.119. The van der Waals surface area contributed by atoms with E-state index >= 15 is 0 Å². The number of hydrogen-bond donors (Lipinski definition) is 1. The first kappa shape index (κ1) is 24.2. The summed E-state index contributed by atoms with van der Waals surface area (Å²) in [5.74, 6) is -2.57. The Kier molecular flexibility index (Phi) is 6.72. The van der Waals surface area contributed by atoms with Gasteiger partial charge in [-0.05, 0) is 36.4 Å². The van der Waals surface area contributed by atoms with Gasteiger partial charge in [-0.1, -0.05) is 29.3 Å². The van der Waals surface area contributed by atoms with Crippen LogP contribution >= 0.6 is 23.2 Å². The molecule has 0 aliphatic heterocycles. The summed E-state index contributed by atoms with van der Waals surface area (Å²) in [6, 6.07) is 10.3. The number of benzene rings is 3. The van der Waals surface area contributed by atoms with E-state index in [1.807, 2.05) is 0 Å². The minimum Gasteiger partial charge on any atom is -0.453 e. The Labute approximate surface area is 206 Å². The summed E-state index contributed by atoms with van der Waals surface area (Å²) < 4.78 is 29.3. The number of hydrogen-bond acceptors (Lipinski definition) is 8. The van der Waals surface area contributed by atoms with E-state index in [2.05, 4.69) is 10.5 Å². The van der Waals surface area contributed by atoms with Crippen LogP contribution in [0.3, 0.4) is 0 Å². The maximum absolute atomic E-state index is 13.4. The highest BCUT2D eigenvalue weighted by molar-refractivity contribution is 6.42. The van der Waals surface area contributed by atoms with Crippen LogP contribution in [0.2, 0.25) is 10.0 Å². The first-order chi connectivity index (χ1) is 16.7. The fourth-order valence-corrected chi connectivity index (χ4v) is 3.87. The second-order valence-corrected chi connectivity index (χ2v) is 7.97. The molecule has 35 heavy (non-hydrogen) atoms. The molecule has 0 atom stereocenters. The molecule has 0 saturated carbocycles. The zero-order valence-corrected chi connectivity index (χ0v) is 19.7. The highest BCUT2D eigenvalue weighted by Crippen LogP contribution is 2.47. The van der Waals surface area contributed by atoms with Crippen molar-refractivity contribution in [1.29, 1.82) is 0 Å². The number of carbonyl (C=O) groups excluding carboxylic acids is 2. The molecule has 178 valence electrons. The standard InChI is InChI=1S/C24H15Cl2FN2O6/c1-11(30)33-22-17-20(32)16-5-3-4-13(10-28-29-15-8-6-14(27)7-9-15)21(16)35-23(17)19(26)24(18(22)25)34-12(2)31/h3-10,29H,1-2H3/b28-10-. The van der Waals surface area contributed by atoms with Crippen molar-refractivity contribution in [3.8, 4) is 11.5 Å². The first-order valence-corrected chi connectivity index (χ1v) is 10.7. The number of anilines is 1. The van der Waals surface area contributed by atoms with Crippen LogP contribution < -0.4 is 20.3 Å². The number of carbonyl (C=O) groups is 2. The van der Waals surface area contributed by atoms with Gasteiger partial charge in [-0.3, -0.25) is 19.8 Å². The molecule has 1 N–H and O–H groups in total. The van der Waals surface area contributed by atoms with E-state index in [0.29, 0.717) is 11.3 Å². The van der Waals surface area contributed by atoms with Gasteiger partial charge in [0.05, 0.1) is 17.3 Å². The van der Waals surface area contributed by atoms with Crippen molar-refractivity contribution in [2.45, 2.75) is 13.8 Å². The molecule has 0 spiro atoms. The molecule has 0 aliphatic rings. The van der Waals surface area contributed by atoms with Crippen LogP contribution in [0.25, 0.3) is 21.9 Å². The van der Waals surface area contributed by atoms with Crippen molar-refractivity contribution in [3.05, 3.63) is 74.1 Å². The lowest BCUT2D eigenvalue weighted by atomic mass is 10.1. The zero-order chi connectivity index (χ0) is 25.3. The van der Waals surface area contributed by atoms with E-state index in [-0.39, 0.29) is 49.3 Å². The van der Waals surface area contributed by atoms with Gasteiger partial charge in [-0.25, -0.2) is 4.39 Å². The number of para-hydroxylation sites is 1. The minimum atomic E-state index is -0.767. The number of nitrogens with zero attached hydrogens (tertiary/aromatic N) is 1. The van der Waals surface area contributed by atoms with Crippen molar-refractivity contribution in [3.63, 3.8) is 0 Å². The number of esters is 2. The maximum Gasteiger partial charge on any atom is 0.308 e. The molecule has 11 heteroatoms. The van der Waals surface area contributed by atoms with Crippen LogP contribution in [0, 0.1) is 5.82 Å². The largest absolute Gasteiger partial charge is 0.453 e. The van der Waals surface area contributed by atoms with Gasteiger partial charge in [-0.2, -0.15) is 5.10 Å². The fraction of sp³-hybridized carbons (Fsp3) is 0.0833. The van der Waals surface area contributed by atoms with Crippen LogP contribution in [0.15, 0.2) is 56.8 Å². The Balaban J connectivity index is 1.94. The summed E-state index contributed by atoms with van der Waals surface area (Å²) in [6.45, 7) is 2.25. The molecular weight excluding hydrogens is 502 g/mol. The average molecular weight is 517 g/mol. The fourth-order valence-electron chi connectivity index (χ4n) is 3.29. The van der Waals surface area contributed by atoms with Crippen molar-refractivity contribution in [2.75, 3.05) is 5.43 Å². The molecular formula is C24H15Cl2FN2O6. The normalized spacial score (nSPS) is 11.2. The lowest BCUT2D eigenvalue weighted by Crippen LogP contribution is -2.11. The molecule has 4 rings (SSSR count). The molecule has 8 nitrogen and oxygen atoms in total. The zero-order valence-electron chi connectivity index (χ0n) is 18.1. The third kappa shape index (κ3) is 4.82. The number of halogens is 3. The topological polar surface area (TPSA) is 107 Å². The molecule has 4 aromatic rings. The van der Waals surface area contributed by atoms with Gasteiger partial charge in [0.1, 0.15) is 26.8 Å². The molecule has 0 radical (unpaired) electrons. The van der Waals surface area contributed by atoms with E-state index in [4.69, 9.17) is 37.1 Å². The minimum absolute atomic E-state index is 0.112. The molecule has 0 bridgehead atoms. The smallest absolute Gasteiger partial charge is 0.308 e. The van der Waals surface area contributed by atoms with Gasteiger partial charge in [0.25, 0.3) is 0 Å². The number of hydrazone groups is 1. The molecule has 0 amide bonds. The summed E-state index contributed by atoms with van der Waals surface area (Å²) in [4.78, 5) is 36.7. The second kappa shape index (κ2) is 9.73. The highest BCUT2D eigenvalue weighted by atomic mass is 35.5. The van der Waals surface area contributed by atoms with E-state index in [9.17, 15) is 18.8 Å². The number of fused-ring (bicyclic) bond motifs is 2. The van der Waals surface area contributed by atoms with Crippen molar-refractivity contribution in [1.82, 2.24) is 0 Å². The summed E-state index contributed by atoms with van der Waals surface area (Å²) in [7, 11) is 0. The first-order valence-electron chi connectivity index (χ1n) is 9.99. The Hall–Kier alpha value is -3.95. The second-order valence-electron chi connectivity index (χ2n) is 7.21. The van der Waals surface area contributed by atoms with Crippen LogP contribution in [-0.2, 0) is 9.59 Å². The van der Waals surface area contributed by atoms with Crippen LogP contribution in [0.4, 0.5) is 10.1 Å². The maximum atomic E-state index is 13.4. The number of rotatable bonds is 5. The summed E-state index contributed by atoms with van der Waals surface area (Å²) in [6.07, 6.45) is 1.39. The summed E-state index contributed by atoms with van der Waals surface area (Å²) >= 11 is 12.7. The van der Waals surface area contributed by atoms with Gasteiger partial charge < -0.3 is 13.9 Å². The average Bonchev–Trinajstić information content (AvgIpc) is 2.81. The predicted molar refractivity (Wildman–Crippen MR) is 130 cm³/mol. The third-order valence-electron chi connectivity index (χ3n) is 4.71. The van der Waals surface area contributed by atoms with Crippen LogP contribution in [0.1, 0.15) is 19.4 Å². The molecule has 0 aliphatic carbocycles. The Morgan fingerprint density at radius 1 is 0.971 bits per heavy atom. The Morgan fingerprint density at radius 3 is 2.29 bits per heavy atom. The van der Waals surface area contributed by atoms with Crippen LogP contribution in [0.5, 0.6) is 11.5 Å². The predicted octanol–water partition coefficient (Wildman–Crippen LogP) is 5.69. The van der Waals surface area contributed by atoms with Gasteiger partial charge in [0, 0.05) is 19.4 Å². The van der Waals surface area contributed by atoms with Gasteiger partial charge >= 0.3 is 11.9 Å². The lowest BCUT2D eigenvalue weighted by molar-refractivity contribution is -0.132. The Morgan fingerprint density at radius 2 is 1.63 bits per heavy atom. The van der Waals surface area contributed by atoms with E-state index in [1.54, 1.807) is 12.1 Å². The van der Waals surface area contributed by atoms with E-state index in [0.717, 1.165) is 13.8 Å². The number of nitrogens with one attached hydrogen (secondary N) is 1. The van der Waals surface area contributed by atoms with E-state index in [1.165, 1.54) is 36.5 Å². The molecule has 0 fully saturated rings. The molecule has 1 heterocycles. The van der Waals surface area contributed by atoms with E-state index < -0.39 is 17.4 Å². The van der Waals surface area contributed by atoms with Gasteiger partial charge in [0.15, 0.2) is 17.1 Å². The lowest BCUT2D eigenvalue weighted by Gasteiger charge is -2.14. The number of ether oxygens (including phenoxy) is 2. The van der Waals surface area contributed by atoms with Crippen molar-refractivity contribution in [2.24, 2.45) is 5.10 Å². The van der Waals surface area contributed by atoms with Gasteiger partial charge in [-0.15, -0.1) is 0 Å². The highest BCUT2D eigenvalue weighted by Gasteiger charge is 2.27. The molecule has 0 saturated heterocycles. The monoisotopic (exact) mass is 516 g/mol.